The molecule has 1 N–H and O–H groups in total. The van der Waals surface area contributed by atoms with Crippen LogP contribution in [0.1, 0.15) is 18.1 Å². The van der Waals surface area contributed by atoms with Gasteiger partial charge in [0.05, 0.1) is 13.2 Å². The third-order valence-electron chi connectivity index (χ3n) is 4.50. The van der Waals surface area contributed by atoms with Gasteiger partial charge in [-0.05, 0) is 18.1 Å². The molecule has 7 nitrogen and oxygen atoms in total. The molecule has 1 heterocycles. The highest BCUT2D eigenvalue weighted by Gasteiger charge is 2.61. The van der Waals surface area contributed by atoms with Gasteiger partial charge in [0.15, 0.2) is 0 Å². The SMILES string of the molecule is CCOC(=O)[C@@]1(C(=O)N[C@@H](Cc2ccccc2)C(=O)OCc2ccccc2)CO1. The molecule has 0 aliphatic carbocycles. The van der Waals surface area contributed by atoms with Crippen molar-refractivity contribution in [3.63, 3.8) is 0 Å². The van der Waals surface area contributed by atoms with Gasteiger partial charge in [0, 0.05) is 6.42 Å². The van der Waals surface area contributed by atoms with Crippen molar-refractivity contribution < 1.29 is 28.6 Å². The molecule has 29 heavy (non-hydrogen) atoms. The Morgan fingerprint density at radius 3 is 2.14 bits per heavy atom. The van der Waals surface area contributed by atoms with Gasteiger partial charge in [-0.3, -0.25) is 4.79 Å². The molecule has 1 aliphatic rings. The van der Waals surface area contributed by atoms with Crippen molar-refractivity contribution >= 4 is 17.8 Å². The summed E-state index contributed by atoms with van der Waals surface area (Å²) in [6, 6.07) is 17.5. The lowest BCUT2D eigenvalue weighted by Crippen LogP contribution is -2.51. The molecule has 1 aliphatic heterocycles. The van der Waals surface area contributed by atoms with E-state index in [9.17, 15) is 14.4 Å². The molecule has 2 aromatic carbocycles. The number of epoxide rings is 1. The normalized spacial score (nSPS) is 18.4. The molecule has 0 saturated carbocycles. The Bertz CT molecular complexity index is 848. The highest BCUT2D eigenvalue weighted by Crippen LogP contribution is 2.29. The molecule has 0 bridgehead atoms. The van der Waals surface area contributed by atoms with Gasteiger partial charge in [0.1, 0.15) is 12.6 Å². The van der Waals surface area contributed by atoms with Crippen molar-refractivity contribution in [2.75, 3.05) is 13.2 Å². The smallest absolute Gasteiger partial charge is 0.350 e. The zero-order chi connectivity index (χ0) is 20.7. The molecule has 2 aromatic rings. The number of esters is 2. The van der Waals surface area contributed by atoms with Gasteiger partial charge in [-0.25, -0.2) is 9.59 Å². The third kappa shape index (κ3) is 5.20. The van der Waals surface area contributed by atoms with E-state index < -0.39 is 29.5 Å². The minimum Gasteiger partial charge on any atom is -0.463 e. The lowest BCUT2D eigenvalue weighted by atomic mass is 10.0. The summed E-state index contributed by atoms with van der Waals surface area (Å²) in [5.41, 5.74) is 0.000472. The van der Waals surface area contributed by atoms with E-state index in [1.807, 2.05) is 60.7 Å². The number of carbonyl (C=O) groups is 3. The predicted octanol–water partition coefficient (Wildman–Crippen LogP) is 1.79. The van der Waals surface area contributed by atoms with Crippen LogP contribution in [0.4, 0.5) is 0 Å². The van der Waals surface area contributed by atoms with Crippen LogP contribution in [0.5, 0.6) is 0 Å². The summed E-state index contributed by atoms with van der Waals surface area (Å²) in [6.07, 6.45) is 0.221. The van der Waals surface area contributed by atoms with Crippen LogP contribution in [0, 0.1) is 0 Å². The first-order valence-corrected chi connectivity index (χ1v) is 9.42. The number of nitrogens with one attached hydrogen (secondary N) is 1. The van der Waals surface area contributed by atoms with Crippen LogP contribution in [0.25, 0.3) is 0 Å². The summed E-state index contributed by atoms with van der Waals surface area (Å²) in [7, 11) is 0. The lowest BCUT2D eigenvalue weighted by molar-refractivity contribution is -0.156. The summed E-state index contributed by atoms with van der Waals surface area (Å²) in [5, 5.41) is 2.60. The van der Waals surface area contributed by atoms with E-state index in [0.717, 1.165) is 11.1 Å². The molecular formula is C22H23NO6. The van der Waals surface area contributed by atoms with Crippen LogP contribution in [0.15, 0.2) is 60.7 Å². The van der Waals surface area contributed by atoms with E-state index in [2.05, 4.69) is 5.32 Å². The maximum absolute atomic E-state index is 12.7. The fourth-order valence-corrected chi connectivity index (χ4v) is 2.81. The van der Waals surface area contributed by atoms with Gasteiger partial charge < -0.3 is 19.5 Å². The van der Waals surface area contributed by atoms with Crippen molar-refractivity contribution in [2.45, 2.75) is 31.6 Å². The number of benzene rings is 2. The molecule has 1 amide bonds. The number of rotatable bonds is 9. The van der Waals surface area contributed by atoms with E-state index in [0.29, 0.717) is 0 Å². The van der Waals surface area contributed by atoms with Gasteiger partial charge in [-0.2, -0.15) is 0 Å². The van der Waals surface area contributed by atoms with Crippen molar-refractivity contribution in [2.24, 2.45) is 0 Å². The average Bonchev–Trinajstić information content (AvgIpc) is 3.55. The van der Waals surface area contributed by atoms with Crippen molar-refractivity contribution in [1.29, 1.82) is 0 Å². The molecule has 0 unspecified atom stereocenters. The second-order valence-corrected chi connectivity index (χ2v) is 6.65. The summed E-state index contributed by atoms with van der Waals surface area (Å²) >= 11 is 0. The van der Waals surface area contributed by atoms with Crippen LogP contribution < -0.4 is 5.32 Å². The first-order chi connectivity index (χ1) is 14.0. The first-order valence-electron chi connectivity index (χ1n) is 9.42. The Balaban J connectivity index is 1.69. The molecule has 3 rings (SSSR count). The zero-order valence-corrected chi connectivity index (χ0v) is 16.1. The Morgan fingerprint density at radius 2 is 1.59 bits per heavy atom. The Kier molecular flexibility index (Phi) is 6.61. The second-order valence-electron chi connectivity index (χ2n) is 6.65. The van der Waals surface area contributed by atoms with Gasteiger partial charge in [0.25, 0.3) is 11.5 Å². The standard InChI is InChI=1S/C22H23NO6/c1-2-27-21(26)22(15-29-22)20(25)23-18(13-16-9-5-3-6-10-16)19(24)28-14-17-11-7-4-8-12-17/h3-12,18H,2,13-15H2,1H3,(H,23,25)/t18-,22-/m0/s1. The van der Waals surface area contributed by atoms with E-state index in [1.54, 1.807) is 6.92 Å². The number of hydrogen-bond donors (Lipinski definition) is 1. The molecule has 0 aromatic heterocycles. The van der Waals surface area contributed by atoms with Crippen LogP contribution in [0.2, 0.25) is 0 Å². The highest BCUT2D eigenvalue weighted by molar-refractivity contribution is 6.09. The van der Waals surface area contributed by atoms with Gasteiger partial charge in [-0.15, -0.1) is 0 Å². The fourth-order valence-electron chi connectivity index (χ4n) is 2.81. The molecule has 1 fully saturated rings. The molecule has 152 valence electrons. The minimum absolute atomic E-state index is 0.0746. The number of carbonyl (C=O) groups excluding carboxylic acids is 3. The molecule has 0 radical (unpaired) electrons. The van der Waals surface area contributed by atoms with Gasteiger partial charge in [-0.1, -0.05) is 60.7 Å². The largest absolute Gasteiger partial charge is 0.463 e. The Hall–Kier alpha value is -3.19. The van der Waals surface area contributed by atoms with Crippen LogP contribution in [0.3, 0.4) is 0 Å². The summed E-state index contributed by atoms with van der Waals surface area (Å²) in [5.74, 6) is -2.05. The summed E-state index contributed by atoms with van der Waals surface area (Å²) in [6.45, 7) is 1.78. The van der Waals surface area contributed by atoms with Crippen molar-refractivity contribution in [3.05, 3.63) is 71.8 Å². The van der Waals surface area contributed by atoms with E-state index in [4.69, 9.17) is 14.2 Å². The first kappa shape index (κ1) is 20.5. The maximum Gasteiger partial charge on any atom is 0.350 e. The highest BCUT2D eigenvalue weighted by atomic mass is 16.6. The molecular weight excluding hydrogens is 374 g/mol. The van der Waals surface area contributed by atoms with Gasteiger partial charge >= 0.3 is 11.9 Å². The van der Waals surface area contributed by atoms with Crippen molar-refractivity contribution in [1.82, 2.24) is 5.32 Å². The Labute approximate surface area is 169 Å². The molecule has 0 spiro atoms. The van der Waals surface area contributed by atoms with Gasteiger partial charge in [0.2, 0.25) is 0 Å². The molecule has 1 saturated heterocycles. The monoisotopic (exact) mass is 397 g/mol. The molecule has 7 heteroatoms. The minimum atomic E-state index is -1.68. The van der Waals surface area contributed by atoms with Crippen LogP contribution in [-0.4, -0.2) is 42.7 Å². The predicted molar refractivity (Wildman–Crippen MR) is 104 cm³/mol. The number of ether oxygens (including phenoxy) is 3. The zero-order valence-electron chi connectivity index (χ0n) is 16.1. The molecule has 2 atom stereocenters. The quantitative estimate of drug-likeness (QED) is 0.394. The Morgan fingerprint density at radius 1 is 1.00 bits per heavy atom. The van der Waals surface area contributed by atoms with Crippen molar-refractivity contribution in [3.8, 4) is 0 Å². The number of amides is 1. The average molecular weight is 397 g/mol. The lowest BCUT2D eigenvalue weighted by Gasteiger charge is -2.20. The maximum atomic E-state index is 12.7. The van der Waals surface area contributed by atoms with E-state index in [1.165, 1.54) is 0 Å². The summed E-state index contributed by atoms with van der Waals surface area (Å²) in [4.78, 5) is 37.4. The van der Waals surface area contributed by atoms with E-state index in [-0.39, 0.29) is 26.2 Å². The van der Waals surface area contributed by atoms with E-state index >= 15 is 0 Å². The summed E-state index contributed by atoms with van der Waals surface area (Å²) < 4.78 is 15.4. The van der Waals surface area contributed by atoms with Crippen LogP contribution in [-0.2, 0) is 41.6 Å². The number of hydrogen-bond acceptors (Lipinski definition) is 6. The fraction of sp³-hybridized carbons (Fsp3) is 0.318. The van der Waals surface area contributed by atoms with Crippen LogP contribution >= 0.6 is 0 Å². The topological polar surface area (TPSA) is 94.2 Å². The third-order valence-corrected chi connectivity index (χ3v) is 4.50. The second kappa shape index (κ2) is 9.34.